The van der Waals surface area contributed by atoms with Crippen LogP contribution in [0.15, 0.2) is 18.2 Å². The smallest absolute Gasteiger partial charge is 0.00837 e. The second-order valence-electron chi connectivity index (χ2n) is 4.82. The fourth-order valence-corrected chi connectivity index (χ4v) is 2.91. The lowest BCUT2D eigenvalue weighted by atomic mass is 9.87. The van der Waals surface area contributed by atoms with Gasteiger partial charge in [0.1, 0.15) is 0 Å². The fraction of sp³-hybridized carbons (Fsp3) is 0.538. The molecule has 1 heterocycles. The molecule has 1 nitrogen and oxygen atoms in total. The highest BCUT2D eigenvalue weighted by molar-refractivity contribution is 5.45. The van der Waals surface area contributed by atoms with Gasteiger partial charge in [0.25, 0.3) is 0 Å². The Balaban J connectivity index is 2.17. The predicted octanol–water partition coefficient (Wildman–Crippen LogP) is 2.17. The summed E-state index contributed by atoms with van der Waals surface area (Å²) >= 11 is 0. The topological polar surface area (TPSA) is 12.0 Å². The monoisotopic (exact) mass is 187 g/mol. The van der Waals surface area contributed by atoms with E-state index in [0.717, 1.165) is 6.54 Å². The summed E-state index contributed by atoms with van der Waals surface area (Å²) in [5.41, 5.74) is 5.29. The molecule has 1 aliphatic heterocycles. The van der Waals surface area contributed by atoms with E-state index in [2.05, 4.69) is 30.4 Å². The van der Waals surface area contributed by atoms with E-state index in [4.69, 9.17) is 0 Å². The van der Waals surface area contributed by atoms with Crippen LogP contribution in [0, 0.1) is 6.92 Å². The summed E-state index contributed by atoms with van der Waals surface area (Å²) in [6.45, 7) is 4.62. The number of fused-ring (bicyclic) bond motifs is 2. The van der Waals surface area contributed by atoms with E-state index in [1.807, 2.05) is 0 Å². The van der Waals surface area contributed by atoms with Gasteiger partial charge < -0.3 is 5.32 Å². The molecule has 1 aromatic carbocycles. The number of aryl methyl sites for hydroxylation is 1. The van der Waals surface area contributed by atoms with Gasteiger partial charge in [0.2, 0.25) is 0 Å². The summed E-state index contributed by atoms with van der Waals surface area (Å²) in [6, 6.07) is 6.79. The van der Waals surface area contributed by atoms with Crippen molar-refractivity contribution in [1.29, 1.82) is 0 Å². The van der Waals surface area contributed by atoms with E-state index < -0.39 is 0 Å². The molecule has 1 fully saturated rings. The number of hydrogen-bond donors (Lipinski definition) is 1. The van der Waals surface area contributed by atoms with Crippen LogP contribution < -0.4 is 5.32 Å². The van der Waals surface area contributed by atoms with Gasteiger partial charge in [-0.05, 0) is 49.4 Å². The van der Waals surface area contributed by atoms with Crippen LogP contribution in [-0.4, -0.2) is 13.1 Å². The maximum atomic E-state index is 3.57. The van der Waals surface area contributed by atoms with Crippen LogP contribution in [0.5, 0.6) is 0 Å². The molecule has 0 bridgehead atoms. The second-order valence-corrected chi connectivity index (χ2v) is 4.82. The molecule has 0 atom stereocenters. The highest BCUT2D eigenvalue weighted by Gasteiger charge is 2.46. The molecular formula is C13H17N. The first-order valence-corrected chi connectivity index (χ1v) is 5.62. The predicted molar refractivity (Wildman–Crippen MR) is 58.7 cm³/mol. The minimum Gasteiger partial charge on any atom is -0.316 e. The first-order valence-electron chi connectivity index (χ1n) is 5.62. The second kappa shape index (κ2) is 2.83. The van der Waals surface area contributed by atoms with Crippen molar-refractivity contribution in [2.75, 3.05) is 13.1 Å². The Morgan fingerprint density at radius 1 is 1.29 bits per heavy atom. The van der Waals surface area contributed by atoms with Gasteiger partial charge >= 0.3 is 0 Å². The highest BCUT2D eigenvalue weighted by atomic mass is 14.9. The number of benzene rings is 1. The molecule has 3 rings (SSSR count). The normalized spacial score (nSPS) is 22.9. The lowest BCUT2D eigenvalue weighted by Gasteiger charge is -2.18. The van der Waals surface area contributed by atoms with Gasteiger partial charge in [-0.25, -0.2) is 0 Å². The molecular weight excluding hydrogens is 170 g/mol. The quantitative estimate of drug-likeness (QED) is 0.656. The van der Waals surface area contributed by atoms with Crippen LogP contribution in [0.25, 0.3) is 0 Å². The van der Waals surface area contributed by atoms with E-state index in [0.29, 0.717) is 5.41 Å². The molecule has 1 heteroatoms. The molecule has 0 amide bonds. The Morgan fingerprint density at radius 2 is 2.14 bits per heavy atom. The van der Waals surface area contributed by atoms with E-state index in [-0.39, 0.29) is 0 Å². The van der Waals surface area contributed by atoms with E-state index in [9.17, 15) is 0 Å². The molecule has 0 radical (unpaired) electrons. The van der Waals surface area contributed by atoms with Crippen LogP contribution in [0.3, 0.4) is 0 Å². The highest BCUT2D eigenvalue weighted by Crippen LogP contribution is 2.50. The van der Waals surface area contributed by atoms with Crippen molar-refractivity contribution in [2.24, 2.45) is 0 Å². The van der Waals surface area contributed by atoms with Crippen molar-refractivity contribution in [3.8, 4) is 0 Å². The molecule has 1 N–H and O–H groups in total. The maximum Gasteiger partial charge on any atom is 0.00837 e. The van der Waals surface area contributed by atoms with Gasteiger partial charge in [-0.3, -0.25) is 0 Å². The van der Waals surface area contributed by atoms with Crippen LogP contribution in [0.4, 0.5) is 0 Å². The Morgan fingerprint density at radius 3 is 2.93 bits per heavy atom. The zero-order chi connectivity index (χ0) is 9.60. The molecule has 0 aromatic heterocycles. The van der Waals surface area contributed by atoms with E-state index in [1.165, 1.54) is 31.4 Å². The fourth-order valence-electron chi connectivity index (χ4n) is 2.91. The van der Waals surface area contributed by atoms with Gasteiger partial charge in [0.15, 0.2) is 0 Å². The number of rotatable bonds is 0. The third-order valence-electron chi connectivity index (χ3n) is 3.78. The zero-order valence-corrected chi connectivity index (χ0v) is 8.77. The molecule has 74 valence electrons. The third-order valence-corrected chi connectivity index (χ3v) is 3.78. The van der Waals surface area contributed by atoms with Crippen LogP contribution in [-0.2, 0) is 11.8 Å². The first-order chi connectivity index (χ1) is 6.82. The van der Waals surface area contributed by atoms with Gasteiger partial charge in [-0.1, -0.05) is 18.2 Å². The number of hydrogen-bond acceptors (Lipinski definition) is 1. The summed E-state index contributed by atoms with van der Waals surface area (Å²) in [7, 11) is 0. The minimum atomic E-state index is 0.525. The first kappa shape index (κ1) is 8.49. The zero-order valence-electron chi connectivity index (χ0n) is 8.77. The molecule has 0 saturated heterocycles. The minimum absolute atomic E-state index is 0.525. The Labute approximate surface area is 85.5 Å². The lowest BCUT2D eigenvalue weighted by molar-refractivity contribution is 0.601. The summed E-state index contributed by atoms with van der Waals surface area (Å²) in [5, 5.41) is 3.57. The standard InChI is InChI=1S/C13H17N/c1-10-3-2-4-11-5-8-14-9-13(6-7-13)12(10)11/h2-4,14H,5-9H2,1H3. The Bertz CT molecular complexity index is 363. The molecule has 1 aromatic rings. The summed E-state index contributed by atoms with van der Waals surface area (Å²) < 4.78 is 0. The van der Waals surface area contributed by atoms with Crippen molar-refractivity contribution < 1.29 is 0 Å². The molecule has 14 heavy (non-hydrogen) atoms. The van der Waals surface area contributed by atoms with Crippen molar-refractivity contribution >= 4 is 0 Å². The van der Waals surface area contributed by atoms with Crippen molar-refractivity contribution in [2.45, 2.75) is 31.6 Å². The molecule has 1 aliphatic carbocycles. The summed E-state index contributed by atoms with van der Waals surface area (Å²) in [6.07, 6.45) is 3.98. The Hall–Kier alpha value is -0.820. The van der Waals surface area contributed by atoms with Gasteiger partial charge in [-0.15, -0.1) is 0 Å². The maximum absolute atomic E-state index is 3.57. The van der Waals surface area contributed by atoms with Gasteiger partial charge in [-0.2, -0.15) is 0 Å². The lowest BCUT2D eigenvalue weighted by Crippen LogP contribution is -2.25. The summed E-state index contributed by atoms with van der Waals surface area (Å²) in [5.74, 6) is 0. The molecule has 1 saturated carbocycles. The molecule has 1 spiro atoms. The SMILES string of the molecule is Cc1cccc2c1C1(CC1)CNCC2. The van der Waals surface area contributed by atoms with Crippen molar-refractivity contribution in [3.63, 3.8) is 0 Å². The van der Waals surface area contributed by atoms with Crippen LogP contribution in [0.2, 0.25) is 0 Å². The van der Waals surface area contributed by atoms with Gasteiger partial charge in [0.05, 0.1) is 0 Å². The van der Waals surface area contributed by atoms with Crippen molar-refractivity contribution in [1.82, 2.24) is 5.32 Å². The van der Waals surface area contributed by atoms with E-state index >= 15 is 0 Å². The Kier molecular flexibility index (Phi) is 1.72. The average molecular weight is 187 g/mol. The van der Waals surface area contributed by atoms with Gasteiger partial charge in [0, 0.05) is 12.0 Å². The number of nitrogens with one attached hydrogen (secondary N) is 1. The van der Waals surface area contributed by atoms with E-state index in [1.54, 1.807) is 11.1 Å². The van der Waals surface area contributed by atoms with Crippen molar-refractivity contribution in [3.05, 3.63) is 34.9 Å². The largest absolute Gasteiger partial charge is 0.316 e. The molecule has 2 aliphatic rings. The average Bonchev–Trinajstić information content (AvgIpc) is 2.96. The molecule has 0 unspecified atom stereocenters. The summed E-state index contributed by atoms with van der Waals surface area (Å²) in [4.78, 5) is 0. The third kappa shape index (κ3) is 1.12. The van der Waals surface area contributed by atoms with Crippen LogP contribution in [0.1, 0.15) is 29.5 Å². The van der Waals surface area contributed by atoms with Crippen LogP contribution >= 0.6 is 0 Å².